The number of rotatable bonds is 3. The Balaban J connectivity index is 1.93. The number of hydrogen-bond acceptors (Lipinski definition) is 4. The van der Waals surface area contributed by atoms with Gasteiger partial charge in [-0.2, -0.15) is 21.6 Å². The summed E-state index contributed by atoms with van der Waals surface area (Å²) in [4.78, 5) is 1.99. The van der Waals surface area contributed by atoms with Crippen molar-refractivity contribution >= 4 is 15.8 Å². The van der Waals surface area contributed by atoms with E-state index in [1.54, 1.807) is 0 Å². The Morgan fingerprint density at radius 2 is 1.65 bits per heavy atom. The maximum atomic E-state index is 12.2. The first-order valence-corrected chi connectivity index (χ1v) is 7.50. The van der Waals surface area contributed by atoms with Gasteiger partial charge in [-0.05, 0) is 25.0 Å². The monoisotopic (exact) mass is 309 g/mol. The molecule has 0 spiro atoms. The second-order valence-electron chi connectivity index (χ2n) is 4.52. The molecule has 0 atom stereocenters. The molecule has 0 saturated carbocycles. The molecule has 0 aromatic heterocycles. The van der Waals surface area contributed by atoms with Crippen LogP contribution in [0.15, 0.2) is 30.3 Å². The van der Waals surface area contributed by atoms with E-state index in [4.69, 9.17) is 0 Å². The molecule has 1 heterocycles. The van der Waals surface area contributed by atoms with Crippen LogP contribution in [0.3, 0.4) is 0 Å². The fraction of sp³-hybridized carbons (Fsp3) is 0.500. The summed E-state index contributed by atoms with van der Waals surface area (Å²) in [5.74, 6) is 0. The van der Waals surface area contributed by atoms with Gasteiger partial charge in [-0.25, -0.2) is 0 Å². The van der Waals surface area contributed by atoms with Crippen molar-refractivity contribution in [2.45, 2.75) is 24.5 Å². The summed E-state index contributed by atoms with van der Waals surface area (Å²) in [6, 6.07) is 9.40. The van der Waals surface area contributed by atoms with E-state index >= 15 is 0 Å². The highest BCUT2D eigenvalue weighted by Gasteiger charge is 2.48. The lowest BCUT2D eigenvalue weighted by Gasteiger charge is -2.33. The highest BCUT2D eigenvalue weighted by molar-refractivity contribution is 7.87. The number of benzene rings is 1. The highest BCUT2D eigenvalue weighted by Crippen LogP contribution is 2.29. The molecule has 20 heavy (non-hydrogen) atoms. The minimum absolute atomic E-state index is 0.240. The first-order chi connectivity index (χ1) is 9.29. The Labute approximate surface area is 115 Å². The third kappa shape index (κ3) is 3.43. The Bertz CT molecular complexity index is 537. The number of nitrogens with zero attached hydrogens (tertiary/aromatic N) is 1. The van der Waals surface area contributed by atoms with Crippen LogP contribution in [-0.4, -0.2) is 33.1 Å². The number of para-hydroxylation sites is 1. The molecule has 112 valence electrons. The molecule has 0 aliphatic carbocycles. The van der Waals surface area contributed by atoms with E-state index in [0.29, 0.717) is 13.1 Å². The van der Waals surface area contributed by atoms with Gasteiger partial charge in [0.25, 0.3) is 0 Å². The van der Waals surface area contributed by atoms with Crippen molar-refractivity contribution in [3.05, 3.63) is 30.3 Å². The molecule has 1 aliphatic rings. The normalized spacial score (nSPS) is 18.2. The van der Waals surface area contributed by atoms with Crippen LogP contribution < -0.4 is 4.90 Å². The predicted molar refractivity (Wildman–Crippen MR) is 67.7 cm³/mol. The summed E-state index contributed by atoms with van der Waals surface area (Å²) in [5.41, 5.74) is -4.39. The van der Waals surface area contributed by atoms with Crippen LogP contribution in [0.5, 0.6) is 0 Å². The predicted octanol–water partition coefficient (Wildman–Crippen LogP) is 2.52. The number of piperidine rings is 1. The minimum atomic E-state index is -5.50. The van der Waals surface area contributed by atoms with Crippen molar-refractivity contribution in [1.82, 2.24) is 0 Å². The lowest BCUT2D eigenvalue weighted by atomic mass is 10.1. The number of alkyl halides is 3. The van der Waals surface area contributed by atoms with Gasteiger partial charge >= 0.3 is 15.6 Å². The molecule has 1 aromatic rings. The quantitative estimate of drug-likeness (QED) is 0.636. The molecule has 1 saturated heterocycles. The molecular formula is C12H14F3NO3S. The maximum Gasteiger partial charge on any atom is 0.523 e. The first kappa shape index (κ1) is 15.1. The molecule has 0 unspecified atom stereocenters. The van der Waals surface area contributed by atoms with Crippen molar-refractivity contribution in [1.29, 1.82) is 0 Å². The first-order valence-electron chi connectivity index (χ1n) is 6.09. The number of anilines is 1. The molecule has 0 N–H and O–H groups in total. The minimum Gasteiger partial charge on any atom is -0.371 e. The molecule has 8 heteroatoms. The van der Waals surface area contributed by atoms with Gasteiger partial charge in [-0.15, -0.1) is 0 Å². The van der Waals surface area contributed by atoms with Gasteiger partial charge in [-0.1, -0.05) is 18.2 Å². The van der Waals surface area contributed by atoms with Crippen LogP contribution >= 0.6 is 0 Å². The average molecular weight is 309 g/mol. The SMILES string of the molecule is O=S(=O)(OC1CCN(c2ccccc2)CC1)C(F)(F)F. The second kappa shape index (κ2) is 5.61. The average Bonchev–Trinajstić information content (AvgIpc) is 2.39. The number of halogens is 3. The molecule has 0 amide bonds. The molecular weight excluding hydrogens is 295 g/mol. The van der Waals surface area contributed by atoms with Gasteiger partial charge in [0.2, 0.25) is 0 Å². The fourth-order valence-electron chi connectivity index (χ4n) is 2.08. The van der Waals surface area contributed by atoms with Gasteiger partial charge in [-0.3, -0.25) is 4.18 Å². The summed E-state index contributed by atoms with van der Waals surface area (Å²) in [7, 11) is -5.50. The summed E-state index contributed by atoms with van der Waals surface area (Å²) in [6.07, 6.45) is -0.435. The zero-order valence-electron chi connectivity index (χ0n) is 10.5. The molecule has 1 aliphatic heterocycles. The Morgan fingerprint density at radius 3 is 2.15 bits per heavy atom. The summed E-state index contributed by atoms with van der Waals surface area (Å²) in [6.45, 7) is 0.921. The molecule has 2 rings (SSSR count). The van der Waals surface area contributed by atoms with E-state index < -0.39 is 21.7 Å². The Morgan fingerprint density at radius 1 is 1.10 bits per heavy atom. The molecule has 0 bridgehead atoms. The van der Waals surface area contributed by atoms with E-state index in [9.17, 15) is 21.6 Å². The van der Waals surface area contributed by atoms with Gasteiger partial charge in [0, 0.05) is 18.8 Å². The topological polar surface area (TPSA) is 46.6 Å². The van der Waals surface area contributed by atoms with Gasteiger partial charge in [0.1, 0.15) is 0 Å². The standard InChI is InChI=1S/C12H14F3NO3S/c13-12(14,15)20(17,18)19-11-6-8-16(9-7-11)10-4-2-1-3-5-10/h1-5,11H,6-9H2. The van der Waals surface area contributed by atoms with Crippen LogP contribution in [-0.2, 0) is 14.3 Å². The van der Waals surface area contributed by atoms with E-state index in [2.05, 4.69) is 4.18 Å². The van der Waals surface area contributed by atoms with E-state index in [0.717, 1.165) is 5.69 Å². The number of hydrogen-bond donors (Lipinski definition) is 0. The molecule has 1 aromatic carbocycles. The zero-order valence-corrected chi connectivity index (χ0v) is 11.3. The third-order valence-electron chi connectivity index (χ3n) is 3.11. The second-order valence-corrected chi connectivity index (χ2v) is 6.08. The summed E-state index contributed by atoms with van der Waals surface area (Å²) >= 11 is 0. The van der Waals surface area contributed by atoms with Crippen molar-refractivity contribution in [2.24, 2.45) is 0 Å². The van der Waals surface area contributed by atoms with Crippen LogP contribution in [0, 0.1) is 0 Å². The largest absolute Gasteiger partial charge is 0.523 e. The van der Waals surface area contributed by atoms with Crippen LogP contribution in [0.2, 0.25) is 0 Å². The van der Waals surface area contributed by atoms with Gasteiger partial charge in [0.05, 0.1) is 6.10 Å². The van der Waals surface area contributed by atoms with Crippen LogP contribution in [0.1, 0.15) is 12.8 Å². The van der Waals surface area contributed by atoms with Crippen molar-refractivity contribution in [3.63, 3.8) is 0 Å². The van der Waals surface area contributed by atoms with Crippen LogP contribution in [0.4, 0.5) is 18.9 Å². The summed E-state index contributed by atoms with van der Waals surface area (Å²) < 4.78 is 62.7. The van der Waals surface area contributed by atoms with Crippen molar-refractivity contribution in [3.8, 4) is 0 Å². The van der Waals surface area contributed by atoms with E-state index in [-0.39, 0.29) is 12.8 Å². The highest BCUT2D eigenvalue weighted by atomic mass is 32.2. The smallest absolute Gasteiger partial charge is 0.371 e. The fourth-order valence-corrected chi connectivity index (χ4v) is 2.74. The van der Waals surface area contributed by atoms with Crippen LogP contribution in [0.25, 0.3) is 0 Å². The summed E-state index contributed by atoms with van der Waals surface area (Å²) in [5, 5.41) is 0. The van der Waals surface area contributed by atoms with Gasteiger partial charge < -0.3 is 4.90 Å². The maximum absolute atomic E-state index is 12.2. The lowest BCUT2D eigenvalue weighted by Crippen LogP contribution is -2.39. The Kier molecular flexibility index (Phi) is 4.24. The molecule has 0 radical (unpaired) electrons. The van der Waals surface area contributed by atoms with Crippen molar-refractivity contribution in [2.75, 3.05) is 18.0 Å². The van der Waals surface area contributed by atoms with Crippen molar-refractivity contribution < 1.29 is 25.8 Å². The van der Waals surface area contributed by atoms with E-state index in [1.165, 1.54) is 0 Å². The zero-order chi connectivity index (χ0) is 14.8. The molecule has 4 nitrogen and oxygen atoms in total. The Hall–Kier alpha value is -1.28. The lowest BCUT2D eigenvalue weighted by molar-refractivity contribution is -0.0580. The molecule has 1 fully saturated rings. The third-order valence-corrected chi connectivity index (χ3v) is 4.20. The van der Waals surface area contributed by atoms with E-state index in [1.807, 2.05) is 35.2 Å². The van der Waals surface area contributed by atoms with Gasteiger partial charge in [0.15, 0.2) is 0 Å².